The van der Waals surface area contributed by atoms with Gasteiger partial charge in [-0.05, 0) is 31.0 Å². The summed E-state index contributed by atoms with van der Waals surface area (Å²) in [6.07, 6.45) is 5.31. The Labute approximate surface area is 102 Å². The number of nitrogens with zero attached hydrogens (tertiary/aromatic N) is 1. The molecule has 0 amide bonds. The van der Waals surface area contributed by atoms with Gasteiger partial charge in [0.25, 0.3) is 0 Å². The van der Waals surface area contributed by atoms with Crippen molar-refractivity contribution in [2.24, 2.45) is 18.5 Å². The number of unbranched alkanes of at least 4 members (excludes halogenated alkanes) is 1. The van der Waals surface area contributed by atoms with Crippen molar-refractivity contribution in [2.45, 2.75) is 25.3 Å². The number of hydrogen-bond acceptors (Lipinski definition) is 2. The van der Waals surface area contributed by atoms with Crippen LogP contribution in [0.25, 0.3) is 10.9 Å². The first-order chi connectivity index (χ1) is 8.24. The summed E-state index contributed by atoms with van der Waals surface area (Å²) < 4.78 is 2.15. The van der Waals surface area contributed by atoms with Crippen molar-refractivity contribution in [3.05, 3.63) is 36.0 Å². The van der Waals surface area contributed by atoms with E-state index in [4.69, 9.17) is 11.5 Å². The van der Waals surface area contributed by atoms with E-state index < -0.39 is 0 Å². The zero-order chi connectivity index (χ0) is 12.3. The standard InChI is InChI=1S/C14H21N3/c1-17-10-12(13(16)7-4-5-9-15)11-6-2-3-8-14(11)17/h2-3,6,8,10,13H,4-5,7,9,15-16H2,1H3/t13-/m1/s1. The molecule has 0 saturated carbocycles. The van der Waals surface area contributed by atoms with Gasteiger partial charge in [-0.1, -0.05) is 24.6 Å². The van der Waals surface area contributed by atoms with E-state index in [1.54, 1.807) is 0 Å². The van der Waals surface area contributed by atoms with Crippen LogP contribution in [0, 0.1) is 0 Å². The highest BCUT2D eigenvalue weighted by molar-refractivity contribution is 5.84. The Morgan fingerprint density at radius 3 is 2.76 bits per heavy atom. The van der Waals surface area contributed by atoms with Gasteiger partial charge in [-0.15, -0.1) is 0 Å². The Kier molecular flexibility index (Phi) is 3.82. The molecule has 0 radical (unpaired) electrons. The molecule has 0 unspecified atom stereocenters. The molecule has 1 aromatic carbocycles. The molecule has 3 nitrogen and oxygen atoms in total. The number of aromatic nitrogens is 1. The van der Waals surface area contributed by atoms with Crippen LogP contribution in [0.4, 0.5) is 0 Å². The Balaban J connectivity index is 2.23. The number of nitrogens with two attached hydrogens (primary N) is 2. The second-order valence-electron chi connectivity index (χ2n) is 4.60. The van der Waals surface area contributed by atoms with Crippen LogP contribution < -0.4 is 11.5 Å². The van der Waals surface area contributed by atoms with Gasteiger partial charge >= 0.3 is 0 Å². The minimum Gasteiger partial charge on any atom is -0.350 e. The van der Waals surface area contributed by atoms with Crippen molar-refractivity contribution >= 4 is 10.9 Å². The van der Waals surface area contributed by atoms with Crippen LogP contribution in [-0.4, -0.2) is 11.1 Å². The van der Waals surface area contributed by atoms with Crippen LogP contribution in [0.2, 0.25) is 0 Å². The molecule has 0 bridgehead atoms. The summed E-state index contributed by atoms with van der Waals surface area (Å²) in [5.41, 5.74) is 14.3. The Hall–Kier alpha value is -1.32. The number of benzene rings is 1. The third-order valence-electron chi connectivity index (χ3n) is 3.30. The summed E-state index contributed by atoms with van der Waals surface area (Å²) in [7, 11) is 2.07. The van der Waals surface area contributed by atoms with E-state index in [2.05, 4.69) is 42.1 Å². The minimum absolute atomic E-state index is 0.118. The molecule has 0 spiro atoms. The fourth-order valence-corrected chi connectivity index (χ4v) is 2.33. The van der Waals surface area contributed by atoms with Crippen LogP contribution in [-0.2, 0) is 7.05 Å². The molecule has 0 aliphatic carbocycles. The summed E-state index contributed by atoms with van der Waals surface area (Å²) in [4.78, 5) is 0. The predicted molar refractivity (Wildman–Crippen MR) is 72.8 cm³/mol. The van der Waals surface area contributed by atoms with Crippen molar-refractivity contribution in [3.8, 4) is 0 Å². The molecular formula is C14H21N3. The van der Waals surface area contributed by atoms with Crippen molar-refractivity contribution in [2.75, 3.05) is 6.54 Å². The second kappa shape index (κ2) is 5.34. The van der Waals surface area contributed by atoms with E-state index in [9.17, 15) is 0 Å². The molecule has 92 valence electrons. The number of fused-ring (bicyclic) bond motifs is 1. The molecule has 0 fully saturated rings. The van der Waals surface area contributed by atoms with Crippen LogP contribution in [0.15, 0.2) is 30.5 Å². The van der Waals surface area contributed by atoms with Gasteiger partial charge < -0.3 is 16.0 Å². The minimum atomic E-state index is 0.118. The Morgan fingerprint density at radius 1 is 1.24 bits per heavy atom. The second-order valence-corrected chi connectivity index (χ2v) is 4.60. The number of rotatable bonds is 5. The summed E-state index contributed by atoms with van der Waals surface area (Å²) in [6.45, 7) is 0.752. The van der Waals surface area contributed by atoms with Gasteiger partial charge in [0.1, 0.15) is 0 Å². The van der Waals surface area contributed by atoms with Gasteiger partial charge in [-0.25, -0.2) is 0 Å². The van der Waals surface area contributed by atoms with Crippen molar-refractivity contribution in [1.29, 1.82) is 0 Å². The van der Waals surface area contributed by atoms with Gasteiger partial charge in [-0.3, -0.25) is 0 Å². The highest BCUT2D eigenvalue weighted by Crippen LogP contribution is 2.27. The lowest BCUT2D eigenvalue weighted by Crippen LogP contribution is -2.10. The summed E-state index contributed by atoms with van der Waals surface area (Å²) in [5.74, 6) is 0. The van der Waals surface area contributed by atoms with E-state index in [-0.39, 0.29) is 6.04 Å². The third-order valence-corrected chi connectivity index (χ3v) is 3.30. The molecule has 1 aromatic heterocycles. The molecule has 0 aliphatic rings. The van der Waals surface area contributed by atoms with Crippen LogP contribution in [0.5, 0.6) is 0 Å². The maximum Gasteiger partial charge on any atom is 0.0481 e. The van der Waals surface area contributed by atoms with E-state index in [0.717, 1.165) is 25.8 Å². The fourth-order valence-electron chi connectivity index (χ4n) is 2.33. The summed E-state index contributed by atoms with van der Waals surface area (Å²) in [6, 6.07) is 8.52. The van der Waals surface area contributed by atoms with E-state index in [0.29, 0.717) is 0 Å². The molecule has 17 heavy (non-hydrogen) atoms. The van der Waals surface area contributed by atoms with Crippen LogP contribution in [0.1, 0.15) is 30.9 Å². The lowest BCUT2D eigenvalue weighted by atomic mass is 10.0. The summed E-state index contributed by atoms with van der Waals surface area (Å²) in [5, 5.41) is 1.27. The van der Waals surface area contributed by atoms with Crippen LogP contribution in [0.3, 0.4) is 0 Å². The Bertz CT molecular complexity index is 487. The first kappa shape index (κ1) is 12.1. The molecule has 1 heterocycles. The van der Waals surface area contributed by atoms with E-state index in [1.165, 1.54) is 16.5 Å². The quantitative estimate of drug-likeness (QED) is 0.776. The molecule has 2 aromatic rings. The third kappa shape index (κ3) is 2.51. The molecule has 3 heteroatoms. The highest BCUT2D eigenvalue weighted by Gasteiger charge is 2.12. The lowest BCUT2D eigenvalue weighted by Gasteiger charge is -2.10. The smallest absolute Gasteiger partial charge is 0.0481 e. The Morgan fingerprint density at radius 2 is 2.00 bits per heavy atom. The number of para-hydroxylation sites is 1. The molecule has 1 atom stereocenters. The molecule has 2 rings (SSSR count). The molecular weight excluding hydrogens is 210 g/mol. The van der Waals surface area contributed by atoms with Crippen molar-refractivity contribution < 1.29 is 0 Å². The fraction of sp³-hybridized carbons (Fsp3) is 0.429. The average molecular weight is 231 g/mol. The topological polar surface area (TPSA) is 57.0 Å². The number of aryl methyl sites for hydroxylation is 1. The van der Waals surface area contributed by atoms with E-state index in [1.807, 2.05) is 0 Å². The molecule has 4 N–H and O–H groups in total. The van der Waals surface area contributed by atoms with Gasteiger partial charge in [-0.2, -0.15) is 0 Å². The predicted octanol–water partition coefficient (Wildman–Crippen LogP) is 2.31. The highest BCUT2D eigenvalue weighted by atomic mass is 14.9. The summed E-state index contributed by atoms with van der Waals surface area (Å²) >= 11 is 0. The SMILES string of the molecule is Cn1cc([C@H](N)CCCCN)c2ccccc21. The van der Waals surface area contributed by atoms with Gasteiger partial charge in [0, 0.05) is 30.2 Å². The lowest BCUT2D eigenvalue weighted by molar-refractivity contribution is 0.592. The zero-order valence-electron chi connectivity index (χ0n) is 10.4. The molecule has 0 aliphatic heterocycles. The normalized spacial score (nSPS) is 13.1. The average Bonchev–Trinajstić information content (AvgIpc) is 2.68. The monoisotopic (exact) mass is 231 g/mol. The maximum absolute atomic E-state index is 6.26. The first-order valence-corrected chi connectivity index (χ1v) is 6.23. The first-order valence-electron chi connectivity index (χ1n) is 6.23. The maximum atomic E-state index is 6.26. The van der Waals surface area contributed by atoms with Crippen molar-refractivity contribution in [3.63, 3.8) is 0 Å². The van der Waals surface area contributed by atoms with Crippen molar-refractivity contribution in [1.82, 2.24) is 4.57 Å². The largest absolute Gasteiger partial charge is 0.350 e. The van der Waals surface area contributed by atoms with Crippen LogP contribution >= 0.6 is 0 Å². The zero-order valence-corrected chi connectivity index (χ0v) is 10.4. The van der Waals surface area contributed by atoms with Gasteiger partial charge in [0.15, 0.2) is 0 Å². The number of hydrogen-bond donors (Lipinski definition) is 2. The molecule has 0 saturated heterocycles. The van der Waals surface area contributed by atoms with Gasteiger partial charge in [0.05, 0.1) is 0 Å². The van der Waals surface area contributed by atoms with Gasteiger partial charge in [0.2, 0.25) is 0 Å². The van der Waals surface area contributed by atoms with E-state index >= 15 is 0 Å².